The Balaban J connectivity index is 1.78. The number of piperazine rings is 1. The van der Waals surface area contributed by atoms with Crippen LogP contribution in [0, 0.1) is 0 Å². The second-order valence-electron chi connectivity index (χ2n) is 6.27. The SMILES string of the molecule is COc1cccc(-c2ccc3c(c2)N2CCNCC2CC(=O)N3)c1. The summed E-state index contributed by atoms with van der Waals surface area (Å²) in [4.78, 5) is 14.5. The van der Waals surface area contributed by atoms with E-state index in [0.717, 1.165) is 47.9 Å². The van der Waals surface area contributed by atoms with E-state index < -0.39 is 0 Å². The second-order valence-corrected chi connectivity index (χ2v) is 6.27. The molecule has 2 aliphatic heterocycles. The van der Waals surface area contributed by atoms with E-state index in [1.807, 2.05) is 24.3 Å². The molecule has 1 amide bonds. The van der Waals surface area contributed by atoms with Gasteiger partial charge in [-0.3, -0.25) is 4.79 Å². The number of ether oxygens (including phenoxy) is 1. The van der Waals surface area contributed by atoms with E-state index >= 15 is 0 Å². The molecule has 4 rings (SSSR count). The maximum Gasteiger partial charge on any atom is 0.226 e. The molecule has 2 aromatic rings. The van der Waals surface area contributed by atoms with Crippen LogP contribution in [0.1, 0.15) is 6.42 Å². The Morgan fingerprint density at radius 1 is 1.17 bits per heavy atom. The summed E-state index contributed by atoms with van der Waals surface area (Å²) in [6.45, 7) is 2.69. The van der Waals surface area contributed by atoms with Crippen LogP contribution in [0.15, 0.2) is 42.5 Å². The molecular formula is C19H21N3O2. The Morgan fingerprint density at radius 3 is 2.92 bits per heavy atom. The number of nitrogens with one attached hydrogen (secondary N) is 2. The molecule has 24 heavy (non-hydrogen) atoms. The van der Waals surface area contributed by atoms with Crippen LogP contribution < -0.4 is 20.3 Å². The number of hydrogen-bond donors (Lipinski definition) is 2. The van der Waals surface area contributed by atoms with Gasteiger partial charge in [-0.1, -0.05) is 18.2 Å². The van der Waals surface area contributed by atoms with E-state index in [9.17, 15) is 4.79 Å². The molecule has 0 radical (unpaired) electrons. The fraction of sp³-hybridized carbons (Fsp3) is 0.316. The number of carbonyl (C=O) groups excluding carboxylic acids is 1. The van der Waals surface area contributed by atoms with Crippen molar-refractivity contribution in [1.82, 2.24) is 5.32 Å². The molecule has 2 aromatic carbocycles. The van der Waals surface area contributed by atoms with Crippen molar-refractivity contribution in [3.8, 4) is 16.9 Å². The van der Waals surface area contributed by atoms with Crippen molar-refractivity contribution in [2.45, 2.75) is 12.5 Å². The van der Waals surface area contributed by atoms with Crippen LogP contribution in [0.25, 0.3) is 11.1 Å². The quantitative estimate of drug-likeness (QED) is 0.891. The Hall–Kier alpha value is -2.53. The van der Waals surface area contributed by atoms with Crippen LogP contribution in [-0.2, 0) is 4.79 Å². The van der Waals surface area contributed by atoms with E-state index in [-0.39, 0.29) is 11.9 Å². The molecule has 0 spiro atoms. The van der Waals surface area contributed by atoms with Crippen molar-refractivity contribution in [3.05, 3.63) is 42.5 Å². The zero-order valence-electron chi connectivity index (χ0n) is 13.7. The van der Waals surface area contributed by atoms with Gasteiger partial charge in [0.25, 0.3) is 0 Å². The van der Waals surface area contributed by atoms with E-state index in [2.05, 4.69) is 33.7 Å². The molecule has 2 heterocycles. The number of benzene rings is 2. The monoisotopic (exact) mass is 323 g/mol. The average Bonchev–Trinajstić information content (AvgIpc) is 2.76. The van der Waals surface area contributed by atoms with E-state index in [1.165, 1.54) is 0 Å². The largest absolute Gasteiger partial charge is 0.497 e. The smallest absolute Gasteiger partial charge is 0.226 e. The van der Waals surface area contributed by atoms with Crippen molar-refractivity contribution < 1.29 is 9.53 Å². The highest BCUT2D eigenvalue weighted by Gasteiger charge is 2.30. The van der Waals surface area contributed by atoms with Gasteiger partial charge >= 0.3 is 0 Å². The van der Waals surface area contributed by atoms with Crippen molar-refractivity contribution in [2.75, 3.05) is 37.0 Å². The first-order valence-electron chi connectivity index (χ1n) is 8.30. The van der Waals surface area contributed by atoms with Crippen LogP contribution >= 0.6 is 0 Å². The lowest BCUT2D eigenvalue weighted by Gasteiger charge is -2.36. The number of carbonyl (C=O) groups is 1. The molecular weight excluding hydrogens is 302 g/mol. The minimum absolute atomic E-state index is 0.0848. The molecule has 2 aliphatic rings. The van der Waals surface area contributed by atoms with Crippen LogP contribution in [-0.4, -0.2) is 38.7 Å². The Bertz CT molecular complexity index is 775. The fourth-order valence-corrected chi connectivity index (χ4v) is 3.53. The molecule has 0 aromatic heterocycles. The topological polar surface area (TPSA) is 53.6 Å². The Labute approximate surface area is 141 Å². The summed E-state index contributed by atoms with van der Waals surface area (Å²) in [6.07, 6.45) is 0.524. The zero-order chi connectivity index (χ0) is 16.5. The van der Waals surface area contributed by atoms with Crippen molar-refractivity contribution >= 4 is 17.3 Å². The first kappa shape index (κ1) is 15.0. The van der Waals surface area contributed by atoms with Gasteiger partial charge in [0, 0.05) is 26.1 Å². The molecule has 0 bridgehead atoms. The van der Waals surface area contributed by atoms with E-state index in [0.29, 0.717) is 6.42 Å². The summed E-state index contributed by atoms with van der Waals surface area (Å²) in [7, 11) is 1.68. The molecule has 5 heteroatoms. The summed E-state index contributed by atoms with van der Waals surface area (Å²) in [5, 5.41) is 6.43. The zero-order valence-corrected chi connectivity index (χ0v) is 13.7. The number of fused-ring (bicyclic) bond motifs is 3. The number of methoxy groups -OCH3 is 1. The molecule has 1 atom stereocenters. The van der Waals surface area contributed by atoms with Gasteiger partial charge < -0.3 is 20.3 Å². The Kier molecular flexibility index (Phi) is 3.86. The van der Waals surface area contributed by atoms with Crippen molar-refractivity contribution in [2.24, 2.45) is 0 Å². The predicted molar refractivity (Wildman–Crippen MR) is 95.7 cm³/mol. The average molecular weight is 323 g/mol. The number of rotatable bonds is 2. The standard InChI is InChI=1S/C19H21N3O2/c1-24-16-4-2-3-13(9-16)14-5-6-17-18(10-14)22-8-7-20-12-15(22)11-19(23)21-17/h2-6,9-10,15,20H,7-8,11-12H2,1H3,(H,21,23). The number of nitrogens with zero attached hydrogens (tertiary/aromatic N) is 1. The summed E-state index contributed by atoms with van der Waals surface area (Å²) in [5.74, 6) is 0.928. The van der Waals surface area contributed by atoms with Gasteiger partial charge in [-0.25, -0.2) is 0 Å². The molecule has 0 saturated carbocycles. The van der Waals surface area contributed by atoms with E-state index in [1.54, 1.807) is 7.11 Å². The van der Waals surface area contributed by atoms with Gasteiger partial charge in [0.2, 0.25) is 5.91 Å². The highest BCUT2D eigenvalue weighted by atomic mass is 16.5. The van der Waals surface area contributed by atoms with Crippen LogP contribution in [0.2, 0.25) is 0 Å². The van der Waals surface area contributed by atoms with Crippen molar-refractivity contribution in [3.63, 3.8) is 0 Å². The van der Waals surface area contributed by atoms with Gasteiger partial charge in [0.15, 0.2) is 0 Å². The van der Waals surface area contributed by atoms with E-state index in [4.69, 9.17) is 4.74 Å². The van der Waals surface area contributed by atoms with Crippen LogP contribution in [0.4, 0.5) is 11.4 Å². The molecule has 124 valence electrons. The second kappa shape index (κ2) is 6.17. The third-order valence-corrected chi connectivity index (χ3v) is 4.76. The minimum Gasteiger partial charge on any atom is -0.497 e. The highest BCUT2D eigenvalue weighted by molar-refractivity contribution is 5.97. The maximum atomic E-state index is 12.2. The molecule has 1 fully saturated rings. The summed E-state index contributed by atoms with van der Waals surface area (Å²) in [6, 6.07) is 14.5. The summed E-state index contributed by atoms with van der Waals surface area (Å²) in [5.41, 5.74) is 4.24. The molecule has 1 unspecified atom stereocenters. The Morgan fingerprint density at radius 2 is 2.04 bits per heavy atom. The summed E-state index contributed by atoms with van der Waals surface area (Å²) < 4.78 is 5.33. The van der Waals surface area contributed by atoms with Gasteiger partial charge in [-0.05, 0) is 35.4 Å². The fourth-order valence-electron chi connectivity index (χ4n) is 3.53. The van der Waals surface area contributed by atoms with Gasteiger partial charge in [0.1, 0.15) is 5.75 Å². The van der Waals surface area contributed by atoms with Crippen molar-refractivity contribution in [1.29, 1.82) is 0 Å². The lowest BCUT2D eigenvalue weighted by Crippen LogP contribution is -2.51. The van der Waals surface area contributed by atoms with Crippen LogP contribution in [0.3, 0.4) is 0 Å². The lowest BCUT2D eigenvalue weighted by molar-refractivity contribution is -0.116. The first-order valence-corrected chi connectivity index (χ1v) is 8.30. The first-order chi connectivity index (χ1) is 11.7. The molecule has 0 aliphatic carbocycles. The third kappa shape index (κ3) is 2.71. The molecule has 1 saturated heterocycles. The van der Waals surface area contributed by atoms with Gasteiger partial charge in [0.05, 0.1) is 24.5 Å². The summed E-state index contributed by atoms with van der Waals surface area (Å²) >= 11 is 0. The number of hydrogen-bond acceptors (Lipinski definition) is 4. The third-order valence-electron chi connectivity index (χ3n) is 4.76. The minimum atomic E-state index is 0.0848. The maximum absolute atomic E-state index is 12.2. The number of anilines is 2. The van der Waals surface area contributed by atoms with Gasteiger partial charge in [-0.15, -0.1) is 0 Å². The molecule has 2 N–H and O–H groups in total. The molecule has 5 nitrogen and oxygen atoms in total. The lowest BCUT2D eigenvalue weighted by atomic mass is 10.0. The number of amides is 1. The highest BCUT2D eigenvalue weighted by Crippen LogP contribution is 2.36. The normalized spacial score (nSPS) is 19.8. The van der Waals surface area contributed by atoms with Gasteiger partial charge in [-0.2, -0.15) is 0 Å². The predicted octanol–water partition coefficient (Wildman–Crippen LogP) is 2.48. The van der Waals surface area contributed by atoms with Crippen LogP contribution in [0.5, 0.6) is 5.75 Å².